The maximum absolute atomic E-state index is 12.6. The molecule has 0 heterocycles. The summed E-state index contributed by atoms with van der Waals surface area (Å²) >= 11 is 0. The molecule has 0 aliphatic heterocycles. The van der Waals surface area contributed by atoms with Crippen LogP contribution in [0.1, 0.15) is 206 Å². The molecular weight excluding hydrogens is 562 g/mol. The molecule has 2 N–H and O–H groups in total. The van der Waals surface area contributed by atoms with E-state index in [-0.39, 0.29) is 24.5 Å². The quantitative estimate of drug-likeness (QED) is 0.0410. The van der Waals surface area contributed by atoms with Gasteiger partial charge in [0.15, 0.2) is 0 Å². The van der Waals surface area contributed by atoms with Crippen LogP contribution in [0.2, 0.25) is 0 Å². The molecule has 1 amide bonds. The Morgan fingerprint density at radius 3 is 1.49 bits per heavy atom. The monoisotopic (exact) mass is 636 g/mol. The van der Waals surface area contributed by atoms with Crippen molar-refractivity contribution in [3.63, 3.8) is 0 Å². The van der Waals surface area contributed by atoms with Gasteiger partial charge in [-0.15, -0.1) is 0 Å². The van der Waals surface area contributed by atoms with Crippen LogP contribution in [0.25, 0.3) is 0 Å². The van der Waals surface area contributed by atoms with Crippen LogP contribution in [0.3, 0.4) is 0 Å². The molecule has 0 rings (SSSR count). The van der Waals surface area contributed by atoms with Gasteiger partial charge in [0.1, 0.15) is 12.6 Å². The van der Waals surface area contributed by atoms with Crippen molar-refractivity contribution in [2.24, 2.45) is 0 Å². The standard InChI is InChI=1S/C39H73NO5/c1-3-5-7-9-11-13-14-15-16-18-20-26-30-34-39(44)45-36(31-27-23-19-17-12-10-8-6-4-2)32-28-24-21-22-25-29-33-37(41)40-35-38(42)43/h27,31,36H,3-26,28-30,32-35H2,1-2H3,(H,40,41)(H,42,43)/b31-27-. The third kappa shape index (κ3) is 34.9. The summed E-state index contributed by atoms with van der Waals surface area (Å²) in [7, 11) is 0. The lowest BCUT2D eigenvalue weighted by Crippen LogP contribution is -2.28. The number of ether oxygens (including phenoxy) is 1. The molecule has 6 heteroatoms. The second kappa shape index (κ2) is 35.0. The Morgan fingerprint density at radius 1 is 0.578 bits per heavy atom. The van der Waals surface area contributed by atoms with Crippen molar-refractivity contribution >= 4 is 17.8 Å². The van der Waals surface area contributed by atoms with Gasteiger partial charge >= 0.3 is 11.9 Å². The van der Waals surface area contributed by atoms with Crippen molar-refractivity contribution in [3.05, 3.63) is 12.2 Å². The van der Waals surface area contributed by atoms with Crippen molar-refractivity contribution in [1.29, 1.82) is 0 Å². The van der Waals surface area contributed by atoms with Crippen LogP contribution >= 0.6 is 0 Å². The maximum Gasteiger partial charge on any atom is 0.322 e. The number of amides is 1. The van der Waals surface area contributed by atoms with E-state index in [4.69, 9.17) is 9.84 Å². The van der Waals surface area contributed by atoms with E-state index in [0.29, 0.717) is 12.8 Å². The minimum Gasteiger partial charge on any atom is -0.480 e. The molecule has 0 saturated carbocycles. The minimum atomic E-state index is -1.01. The molecule has 0 aromatic carbocycles. The number of aliphatic carboxylic acids is 1. The molecule has 0 aromatic heterocycles. The number of hydrogen-bond acceptors (Lipinski definition) is 4. The summed E-state index contributed by atoms with van der Waals surface area (Å²) < 4.78 is 5.93. The van der Waals surface area contributed by atoms with Crippen molar-refractivity contribution in [3.8, 4) is 0 Å². The minimum absolute atomic E-state index is 0.0511. The van der Waals surface area contributed by atoms with Gasteiger partial charge in [0.25, 0.3) is 0 Å². The number of carboxylic acids is 1. The fraction of sp³-hybridized carbons (Fsp3) is 0.872. The Balaban J connectivity index is 4.16. The van der Waals surface area contributed by atoms with Gasteiger partial charge in [0.2, 0.25) is 5.91 Å². The highest BCUT2D eigenvalue weighted by molar-refractivity contribution is 5.80. The zero-order chi connectivity index (χ0) is 33.1. The van der Waals surface area contributed by atoms with Crippen LogP contribution in [-0.4, -0.2) is 35.6 Å². The summed E-state index contributed by atoms with van der Waals surface area (Å²) in [5.74, 6) is -1.26. The molecule has 45 heavy (non-hydrogen) atoms. The van der Waals surface area contributed by atoms with Crippen LogP contribution < -0.4 is 5.32 Å². The number of rotatable bonds is 35. The number of carbonyl (C=O) groups is 3. The van der Waals surface area contributed by atoms with Crippen LogP contribution in [0.15, 0.2) is 12.2 Å². The fourth-order valence-electron chi connectivity index (χ4n) is 5.78. The number of nitrogens with one attached hydrogen (secondary N) is 1. The summed E-state index contributed by atoms with van der Waals surface area (Å²) in [6.07, 6.45) is 39.1. The van der Waals surface area contributed by atoms with E-state index in [0.717, 1.165) is 64.2 Å². The maximum atomic E-state index is 12.6. The molecule has 0 aromatic rings. The van der Waals surface area contributed by atoms with Gasteiger partial charge < -0.3 is 15.2 Å². The second-order valence-electron chi connectivity index (χ2n) is 13.2. The molecule has 0 fully saturated rings. The molecule has 1 atom stereocenters. The third-order valence-corrected chi connectivity index (χ3v) is 8.67. The van der Waals surface area contributed by atoms with Gasteiger partial charge in [-0.25, -0.2) is 0 Å². The summed E-state index contributed by atoms with van der Waals surface area (Å²) in [5.41, 5.74) is 0. The Bertz CT molecular complexity index is 708. The predicted molar refractivity (Wildman–Crippen MR) is 190 cm³/mol. The molecule has 1 unspecified atom stereocenters. The van der Waals surface area contributed by atoms with Crippen LogP contribution in [0.5, 0.6) is 0 Å². The lowest BCUT2D eigenvalue weighted by atomic mass is 10.0. The summed E-state index contributed by atoms with van der Waals surface area (Å²) in [6.45, 7) is 4.22. The number of hydrogen-bond donors (Lipinski definition) is 2. The average Bonchev–Trinajstić information content (AvgIpc) is 3.02. The molecular formula is C39H73NO5. The van der Waals surface area contributed by atoms with Crippen molar-refractivity contribution < 1.29 is 24.2 Å². The second-order valence-corrected chi connectivity index (χ2v) is 13.2. The number of unbranched alkanes of at least 4 members (excludes halogenated alkanes) is 24. The van der Waals surface area contributed by atoms with Gasteiger partial charge in [-0.05, 0) is 44.6 Å². The van der Waals surface area contributed by atoms with E-state index in [1.54, 1.807) is 0 Å². The first kappa shape index (κ1) is 43.1. The van der Waals surface area contributed by atoms with Gasteiger partial charge in [-0.1, -0.05) is 161 Å². The fourth-order valence-corrected chi connectivity index (χ4v) is 5.78. The molecule has 0 aliphatic carbocycles. The first-order valence-electron chi connectivity index (χ1n) is 19.3. The Kier molecular flexibility index (Phi) is 33.6. The van der Waals surface area contributed by atoms with Crippen LogP contribution in [0, 0.1) is 0 Å². The molecule has 0 bridgehead atoms. The zero-order valence-corrected chi connectivity index (χ0v) is 29.7. The lowest BCUT2D eigenvalue weighted by molar-refractivity contribution is -0.147. The van der Waals surface area contributed by atoms with E-state index in [2.05, 4.69) is 31.3 Å². The molecule has 0 radical (unpaired) electrons. The normalized spacial score (nSPS) is 12.0. The highest BCUT2D eigenvalue weighted by Crippen LogP contribution is 2.16. The van der Waals surface area contributed by atoms with Crippen molar-refractivity contribution in [2.45, 2.75) is 213 Å². The smallest absolute Gasteiger partial charge is 0.322 e. The largest absolute Gasteiger partial charge is 0.480 e. The van der Waals surface area contributed by atoms with Gasteiger partial charge in [-0.3, -0.25) is 14.4 Å². The predicted octanol–water partition coefficient (Wildman–Crippen LogP) is 11.4. The summed E-state index contributed by atoms with van der Waals surface area (Å²) in [6, 6.07) is 0. The van der Waals surface area contributed by atoms with Gasteiger partial charge in [-0.2, -0.15) is 0 Å². The summed E-state index contributed by atoms with van der Waals surface area (Å²) in [5, 5.41) is 11.0. The molecule has 0 aliphatic rings. The highest BCUT2D eigenvalue weighted by atomic mass is 16.5. The van der Waals surface area contributed by atoms with Crippen LogP contribution in [-0.2, 0) is 19.1 Å². The Hall–Kier alpha value is -1.85. The number of carboxylic acid groups (broad SMARTS) is 1. The van der Waals surface area contributed by atoms with E-state index in [1.807, 2.05) is 0 Å². The van der Waals surface area contributed by atoms with E-state index < -0.39 is 5.97 Å². The Labute approximate surface area is 278 Å². The van der Waals surface area contributed by atoms with Gasteiger partial charge in [0.05, 0.1) is 0 Å². The third-order valence-electron chi connectivity index (χ3n) is 8.67. The number of allylic oxidation sites excluding steroid dienone is 1. The van der Waals surface area contributed by atoms with Crippen LogP contribution in [0.4, 0.5) is 0 Å². The van der Waals surface area contributed by atoms with E-state index in [9.17, 15) is 14.4 Å². The first-order valence-corrected chi connectivity index (χ1v) is 19.3. The van der Waals surface area contributed by atoms with E-state index in [1.165, 1.54) is 116 Å². The first-order chi connectivity index (χ1) is 22.0. The van der Waals surface area contributed by atoms with Crippen molar-refractivity contribution in [1.82, 2.24) is 5.32 Å². The van der Waals surface area contributed by atoms with E-state index >= 15 is 0 Å². The molecule has 0 saturated heterocycles. The SMILES string of the molecule is CCCCCCCCC/C=C\C(CCCCCCCCC(=O)NCC(=O)O)OC(=O)CCCCCCCCCCCCCCC. The van der Waals surface area contributed by atoms with Crippen molar-refractivity contribution in [2.75, 3.05) is 6.54 Å². The Morgan fingerprint density at radius 2 is 1.00 bits per heavy atom. The highest BCUT2D eigenvalue weighted by Gasteiger charge is 2.11. The lowest BCUT2D eigenvalue weighted by Gasteiger charge is -2.15. The average molecular weight is 636 g/mol. The topological polar surface area (TPSA) is 92.7 Å². The molecule has 264 valence electrons. The number of esters is 1. The number of carbonyl (C=O) groups excluding carboxylic acids is 2. The van der Waals surface area contributed by atoms with Gasteiger partial charge in [0, 0.05) is 12.8 Å². The summed E-state index contributed by atoms with van der Waals surface area (Å²) in [4.78, 5) is 34.8. The molecule has 6 nitrogen and oxygen atoms in total. The zero-order valence-electron chi connectivity index (χ0n) is 29.7. The molecule has 0 spiro atoms.